The van der Waals surface area contributed by atoms with Gasteiger partial charge in [-0.1, -0.05) is 30.3 Å². The van der Waals surface area contributed by atoms with Crippen LogP contribution in [0.3, 0.4) is 0 Å². The Morgan fingerprint density at radius 3 is 2.48 bits per heavy atom. The molecule has 0 amide bonds. The minimum atomic E-state index is -0.607. The van der Waals surface area contributed by atoms with E-state index in [1.807, 2.05) is 49.2 Å². The van der Waals surface area contributed by atoms with E-state index in [4.69, 9.17) is 0 Å². The van der Waals surface area contributed by atoms with E-state index in [0.29, 0.717) is 24.3 Å². The summed E-state index contributed by atoms with van der Waals surface area (Å²) in [5, 5.41) is 10.6. The van der Waals surface area contributed by atoms with Crippen molar-refractivity contribution >= 4 is 11.2 Å². The van der Waals surface area contributed by atoms with Crippen LogP contribution in [0.1, 0.15) is 18.6 Å². The van der Waals surface area contributed by atoms with Crippen LogP contribution in [0.5, 0.6) is 0 Å². The van der Waals surface area contributed by atoms with Crippen molar-refractivity contribution in [1.82, 2.24) is 23.6 Å². The van der Waals surface area contributed by atoms with E-state index in [-0.39, 0.29) is 11.6 Å². The molecule has 144 valence electrons. The lowest BCUT2D eigenvalue weighted by molar-refractivity contribution is 0.0710. The minimum absolute atomic E-state index is 0.102. The number of aliphatic hydroxyl groups is 1. The van der Waals surface area contributed by atoms with E-state index in [2.05, 4.69) is 4.98 Å². The lowest BCUT2D eigenvalue weighted by Gasteiger charge is -2.29. The van der Waals surface area contributed by atoms with E-state index in [9.17, 15) is 14.7 Å². The van der Waals surface area contributed by atoms with Gasteiger partial charge in [-0.05, 0) is 19.5 Å². The first-order valence-electron chi connectivity index (χ1n) is 8.87. The van der Waals surface area contributed by atoms with Crippen LogP contribution in [0.4, 0.5) is 0 Å². The van der Waals surface area contributed by atoms with Crippen molar-refractivity contribution in [3.05, 3.63) is 63.1 Å². The van der Waals surface area contributed by atoms with Crippen LogP contribution in [-0.2, 0) is 20.6 Å². The van der Waals surface area contributed by atoms with Gasteiger partial charge in [-0.15, -0.1) is 0 Å². The zero-order valence-electron chi connectivity index (χ0n) is 16.0. The Bertz CT molecular complexity index is 1050. The number of hydrogen-bond donors (Lipinski definition) is 1. The summed E-state index contributed by atoms with van der Waals surface area (Å²) >= 11 is 0. The second-order valence-corrected chi connectivity index (χ2v) is 6.89. The van der Waals surface area contributed by atoms with Gasteiger partial charge in [0.1, 0.15) is 0 Å². The molecular weight excluding hydrogens is 346 g/mol. The van der Waals surface area contributed by atoms with Crippen molar-refractivity contribution < 1.29 is 5.11 Å². The molecule has 0 radical (unpaired) electrons. The standard InChI is InChI=1S/C19H25N5O3/c1-13(16(25)14-8-6-5-7-9-14)21(2)10-11-24-12-20-17-15(24)18(26)23(4)19(27)22(17)3/h5-9,12-13,16,25H,10-11H2,1-4H3/t13-,16-/m1/s1. The normalized spacial score (nSPS) is 14.0. The average Bonchev–Trinajstić information content (AvgIpc) is 3.12. The number of nitrogens with zero attached hydrogens (tertiary/aromatic N) is 5. The maximum atomic E-state index is 12.5. The largest absolute Gasteiger partial charge is 0.387 e. The Morgan fingerprint density at radius 1 is 1.15 bits per heavy atom. The molecule has 0 saturated carbocycles. The predicted molar refractivity (Wildman–Crippen MR) is 104 cm³/mol. The number of fused-ring (bicyclic) bond motifs is 1. The molecule has 0 bridgehead atoms. The van der Waals surface area contributed by atoms with E-state index < -0.39 is 11.8 Å². The van der Waals surface area contributed by atoms with Crippen LogP contribution in [0.2, 0.25) is 0 Å². The topological polar surface area (TPSA) is 85.3 Å². The number of benzene rings is 1. The number of aliphatic hydroxyl groups excluding tert-OH is 1. The number of likely N-dealkylation sites (N-methyl/N-ethyl adjacent to an activating group) is 1. The fraction of sp³-hybridized carbons (Fsp3) is 0.421. The van der Waals surface area contributed by atoms with Crippen LogP contribution in [0.25, 0.3) is 11.2 Å². The molecule has 1 aromatic carbocycles. The Labute approximate surface area is 156 Å². The highest BCUT2D eigenvalue weighted by atomic mass is 16.3. The smallest absolute Gasteiger partial charge is 0.332 e. The molecule has 8 nitrogen and oxygen atoms in total. The number of aromatic nitrogens is 4. The van der Waals surface area contributed by atoms with Gasteiger partial charge in [0.05, 0.1) is 12.4 Å². The molecule has 0 aliphatic carbocycles. The van der Waals surface area contributed by atoms with Crippen molar-refractivity contribution in [1.29, 1.82) is 0 Å². The summed E-state index contributed by atoms with van der Waals surface area (Å²) < 4.78 is 4.22. The van der Waals surface area contributed by atoms with Crippen molar-refractivity contribution in [3.63, 3.8) is 0 Å². The number of hydrogen-bond acceptors (Lipinski definition) is 5. The quantitative estimate of drug-likeness (QED) is 0.682. The summed E-state index contributed by atoms with van der Waals surface area (Å²) in [4.78, 5) is 30.8. The minimum Gasteiger partial charge on any atom is -0.387 e. The zero-order chi connectivity index (χ0) is 19.7. The van der Waals surface area contributed by atoms with Crippen molar-refractivity contribution in [2.24, 2.45) is 14.1 Å². The second-order valence-electron chi connectivity index (χ2n) is 6.89. The van der Waals surface area contributed by atoms with Gasteiger partial charge in [0.25, 0.3) is 5.56 Å². The van der Waals surface area contributed by atoms with Gasteiger partial charge in [0.2, 0.25) is 0 Å². The number of rotatable bonds is 6. The molecule has 0 spiro atoms. The maximum Gasteiger partial charge on any atom is 0.332 e. The van der Waals surface area contributed by atoms with Gasteiger partial charge < -0.3 is 9.67 Å². The zero-order valence-corrected chi connectivity index (χ0v) is 16.0. The molecule has 2 heterocycles. The van der Waals surface area contributed by atoms with Gasteiger partial charge >= 0.3 is 5.69 Å². The van der Waals surface area contributed by atoms with Crippen LogP contribution in [0, 0.1) is 0 Å². The Kier molecular flexibility index (Phi) is 5.29. The Balaban J connectivity index is 1.79. The van der Waals surface area contributed by atoms with Crippen LogP contribution in [0.15, 0.2) is 46.2 Å². The SMILES string of the molecule is C[C@H]([C@@H](O)c1ccccc1)N(C)CCn1cnc2c1c(=O)n(C)c(=O)n2C. The Hall–Kier alpha value is -2.71. The maximum absolute atomic E-state index is 12.5. The molecule has 0 saturated heterocycles. The average molecular weight is 371 g/mol. The highest BCUT2D eigenvalue weighted by Gasteiger charge is 2.21. The summed E-state index contributed by atoms with van der Waals surface area (Å²) in [5.41, 5.74) is 0.904. The highest BCUT2D eigenvalue weighted by Crippen LogP contribution is 2.19. The van der Waals surface area contributed by atoms with Crippen molar-refractivity contribution in [2.75, 3.05) is 13.6 Å². The second kappa shape index (κ2) is 7.50. The first-order valence-corrected chi connectivity index (χ1v) is 8.87. The summed E-state index contributed by atoms with van der Waals surface area (Å²) in [6.45, 7) is 3.10. The molecule has 2 atom stereocenters. The molecule has 0 fully saturated rings. The third kappa shape index (κ3) is 3.45. The van der Waals surface area contributed by atoms with Crippen molar-refractivity contribution in [2.45, 2.75) is 25.6 Å². The highest BCUT2D eigenvalue weighted by molar-refractivity contribution is 5.69. The monoisotopic (exact) mass is 371 g/mol. The third-order valence-electron chi connectivity index (χ3n) is 5.20. The molecule has 0 unspecified atom stereocenters. The van der Waals surface area contributed by atoms with E-state index in [0.717, 1.165) is 10.1 Å². The molecule has 3 aromatic rings. The van der Waals surface area contributed by atoms with Crippen LogP contribution >= 0.6 is 0 Å². The molecule has 8 heteroatoms. The van der Waals surface area contributed by atoms with Gasteiger partial charge in [0.15, 0.2) is 11.2 Å². The number of imidazole rings is 1. The fourth-order valence-electron chi connectivity index (χ4n) is 3.21. The summed E-state index contributed by atoms with van der Waals surface area (Å²) in [6, 6.07) is 9.44. The van der Waals surface area contributed by atoms with E-state index in [1.165, 1.54) is 11.6 Å². The summed E-state index contributed by atoms with van der Waals surface area (Å²) in [5.74, 6) is 0. The molecule has 1 N–H and O–H groups in total. The molecule has 27 heavy (non-hydrogen) atoms. The lowest BCUT2D eigenvalue weighted by Crippen LogP contribution is -2.38. The molecular formula is C19H25N5O3. The van der Waals surface area contributed by atoms with Crippen LogP contribution < -0.4 is 11.2 Å². The first kappa shape index (κ1) is 19.1. The summed E-state index contributed by atoms with van der Waals surface area (Å²) in [6.07, 6.45) is 0.974. The fourth-order valence-corrected chi connectivity index (χ4v) is 3.21. The van der Waals surface area contributed by atoms with Gasteiger partial charge in [-0.2, -0.15) is 0 Å². The molecule has 2 aromatic heterocycles. The Morgan fingerprint density at radius 2 is 1.81 bits per heavy atom. The van der Waals surface area contributed by atoms with Crippen LogP contribution in [-0.4, -0.2) is 48.3 Å². The third-order valence-corrected chi connectivity index (χ3v) is 5.20. The van der Waals surface area contributed by atoms with Gasteiger partial charge in [0, 0.05) is 33.2 Å². The predicted octanol–water partition coefficient (Wildman–Crippen LogP) is 0.488. The number of aryl methyl sites for hydroxylation is 1. The summed E-state index contributed by atoms with van der Waals surface area (Å²) in [7, 11) is 5.00. The molecule has 0 aliphatic heterocycles. The first-order chi connectivity index (χ1) is 12.8. The van der Waals surface area contributed by atoms with Gasteiger partial charge in [-0.25, -0.2) is 9.78 Å². The molecule has 0 aliphatic rings. The van der Waals surface area contributed by atoms with Crippen molar-refractivity contribution in [3.8, 4) is 0 Å². The van der Waals surface area contributed by atoms with E-state index in [1.54, 1.807) is 17.9 Å². The molecule has 3 rings (SSSR count). The lowest BCUT2D eigenvalue weighted by atomic mass is 10.0. The van der Waals surface area contributed by atoms with E-state index >= 15 is 0 Å². The van der Waals surface area contributed by atoms with Gasteiger partial charge in [-0.3, -0.25) is 18.8 Å².